The predicted octanol–water partition coefficient (Wildman–Crippen LogP) is 2.58. The highest BCUT2D eigenvalue weighted by molar-refractivity contribution is 5.85. The summed E-state index contributed by atoms with van der Waals surface area (Å²) >= 11 is 0. The second kappa shape index (κ2) is 9.90. The van der Waals surface area contributed by atoms with Crippen LogP contribution < -0.4 is 10.6 Å². The molecular weight excluding hydrogens is 347 g/mol. The van der Waals surface area contributed by atoms with Gasteiger partial charge in [-0.2, -0.15) is 0 Å². The Labute approximate surface area is 147 Å². The highest BCUT2D eigenvalue weighted by Crippen LogP contribution is 2.22. The zero-order valence-corrected chi connectivity index (χ0v) is 14.6. The molecule has 0 bridgehead atoms. The molecule has 2 rings (SSSR count). The van der Waals surface area contributed by atoms with Gasteiger partial charge in [-0.25, -0.2) is 8.78 Å². The molecule has 1 aliphatic rings. The number of piperazine rings is 1. The zero-order chi connectivity index (χ0) is 15.4. The second-order valence-corrected chi connectivity index (χ2v) is 5.48. The Morgan fingerprint density at radius 3 is 2.39 bits per heavy atom. The van der Waals surface area contributed by atoms with E-state index in [1.54, 1.807) is 9.80 Å². The molecule has 2 N–H and O–H groups in total. The molecule has 1 aromatic carbocycles. The second-order valence-electron chi connectivity index (χ2n) is 5.48. The van der Waals surface area contributed by atoms with E-state index in [4.69, 9.17) is 5.73 Å². The Morgan fingerprint density at radius 2 is 1.83 bits per heavy atom. The summed E-state index contributed by atoms with van der Waals surface area (Å²) in [6, 6.07) is 3.44. The van der Waals surface area contributed by atoms with E-state index in [2.05, 4.69) is 0 Å². The van der Waals surface area contributed by atoms with E-state index in [-0.39, 0.29) is 42.5 Å². The van der Waals surface area contributed by atoms with E-state index in [0.29, 0.717) is 39.0 Å². The third-order valence-corrected chi connectivity index (χ3v) is 3.69. The fourth-order valence-corrected chi connectivity index (χ4v) is 2.43. The molecule has 0 radical (unpaired) electrons. The SMILES string of the molecule is CC(N)CCC(=O)N1CCN(c2cc(F)ccc2F)CC1.Cl.Cl. The fraction of sp³-hybridized carbons (Fsp3) is 0.533. The minimum absolute atomic E-state index is 0. The number of benzene rings is 1. The first-order chi connectivity index (χ1) is 9.97. The summed E-state index contributed by atoms with van der Waals surface area (Å²) in [5.74, 6) is -0.818. The molecule has 0 aromatic heterocycles. The number of carbonyl (C=O) groups is 1. The van der Waals surface area contributed by atoms with Gasteiger partial charge >= 0.3 is 0 Å². The van der Waals surface area contributed by atoms with E-state index in [9.17, 15) is 13.6 Å². The van der Waals surface area contributed by atoms with Crippen molar-refractivity contribution < 1.29 is 13.6 Å². The zero-order valence-electron chi connectivity index (χ0n) is 13.0. The van der Waals surface area contributed by atoms with Gasteiger partial charge in [0.05, 0.1) is 5.69 Å². The van der Waals surface area contributed by atoms with Crippen LogP contribution in [0, 0.1) is 11.6 Å². The Bertz CT molecular complexity index is 509. The first kappa shape index (κ1) is 21.9. The topological polar surface area (TPSA) is 49.6 Å². The third-order valence-electron chi connectivity index (χ3n) is 3.69. The number of nitrogens with two attached hydrogens (primary N) is 1. The molecule has 0 spiro atoms. The number of hydrogen-bond donors (Lipinski definition) is 1. The van der Waals surface area contributed by atoms with Crippen molar-refractivity contribution >= 4 is 36.4 Å². The Morgan fingerprint density at radius 1 is 1.22 bits per heavy atom. The first-order valence-corrected chi connectivity index (χ1v) is 7.20. The maximum absolute atomic E-state index is 13.7. The molecule has 4 nitrogen and oxygen atoms in total. The fourth-order valence-electron chi connectivity index (χ4n) is 2.43. The summed E-state index contributed by atoms with van der Waals surface area (Å²) in [6.45, 7) is 3.92. The van der Waals surface area contributed by atoms with Crippen molar-refractivity contribution in [2.45, 2.75) is 25.8 Å². The molecule has 1 aromatic rings. The largest absolute Gasteiger partial charge is 0.366 e. The van der Waals surface area contributed by atoms with E-state index < -0.39 is 11.6 Å². The van der Waals surface area contributed by atoms with Gasteiger partial charge in [0, 0.05) is 44.7 Å². The van der Waals surface area contributed by atoms with Gasteiger partial charge in [0.1, 0.15) is 11.6 Å². The van der Waals surface area contributed by atoms with Crippen LogP contribution in [0.25, 0.3) is 0 Å². The van der Waals surface area contributed by atoms with Gasteiger partial charge in [0.25, 0.3) is 0 Å². The quantitative estimate of drug-likeness (QED) is 0.887. The molecule has 1 fully saturated rings. The van der Waals surface area contributed by atoms with Crippen molar-refractivity contribution in [1.82, 2.24) is 4.90 Å². The molecule has 0 saturated carbocycles. The molecule has 1 aliphatic heterocycles. The third kappa shape index (κ3) is 6.12. The predicted molar refractivity (Wildman–Crippen MR) is 92.5 cm³/mol. The Hall–Kier alpha value is -1.11. The number of halogens is 4. The highest BCUT2D eigenvalue weighted by Gasteiger charge is 2.23. The average molecular weight is 370 g/mol. The number of rotatable bonds is 4. The highest BCUT2D eigenvalue weighted by atomic mass is 35.5. The molecule has 23 heavy (non-hydrogen) atoms. The molecule has 132 valence electrons. The first-order valence-electron chi connectivity index (χ1n) is 7.20. The Kier molecular flexibility index (Phi) is 9.42. The summed E-state index contributed by atoms with van der Waals surface area (Å²) < 4.78 is 26.9. The molecule has 1 atom stereocenters. The molecule has 0 aliphatic carbocycles. The summed E-state index contributed by atoms with van der Waals surface area (Å²) in [5.41, 5.74) is 5.90. The van der Waals surface area contributed by atoms with Gasteiger partial charge in [-0.1, -0.05) is 0 Å². The van der Waals surface area contributed by atoms with Crippen LogP contribution in [0.1, 0.15) is 19.8 Å². The summed E-state index contributed by atoms with van der Waals surface area (Å²) in [4.78, 5) is 15.5. The normalized spacial score (nSPS) is 15.5. The monoisotopic (exact) mass is 369 g/mol. The van der Waals surface area contributed by atoms with Crippen molar-refractivity contribution in [3.8, 4) is 0 Å². The van der Waals surface area contributed by atoms with Gasteiger partial charge in [0.2, 0.25) is 5.91 Å². The van der Waals surface area contributed by atoms with E-state index in [1.165, 1.54) is 6.07 Å². The number of amides is 1. The van der Waals surface area contributed by atoms with Crippen LogP contribution in [-0.4, -0.2) is 43.0 Å². The minimum Gasteiger partial charge on any atom is -0.366 e. The van der Waals surface area contributed by atoms with Crippen LogP contribution in [0.15, 0.2) is 18.2 Å². The maximum Gasteiger partial charge on any atom is 0.222 e. The molecule has 8 heteroatoms. The van der Waals surface area contributed by atoms with Crippen molar-refractivity contribution in [2.24, 2.45) is 5.73 Å². The maximum atomic E-state index is 13.7. The summed E-state index contributed by atoms with van der Waals surface area (Å²) in [6.07, 6.45) is 1.10. The Balaban J connectivity index is 0.00000242. The van der Waals surface area contributed by atoms with Crippen LogP contribution in [0.5, 0.6) is 0 Å². The van der Waals surface area contributed by atoms with Crippen molar-refractivity contribution in [3.05, 3.63) is 29.8 Å². The van der Waals surface area contributed by atoms with Crippen LogP contribution in [0.4, 0.5) is 14.5 Å². The molecule has 1 unspecified atom stereocenters. The number of nitrogens with zero attached hydrogens (tertiary/aromatic N) is 2. The molecule has 1 heterocycles. The minimum atomic E-state index is -0.457. The number of carbonyl (C=O) groups excluding carboxylic acids is 1. The van der Waals surface area contributed by atoms with E-state index in [1.807, 2.05) is 6.92 Å². The summed E-state index contributed by atoms with van der Waals surface area (Å²) in [5, 5.41) is 0. The van der Waals surface area contributed by atoms with Crippen LogP contribution in [-0.2, 0) is 4.79 Å². The van der Waals surface area contributed by atoms with Gasteiger partial charge in [-0.15, -0.1) is 24.8 Å². The van der Waals surface area contributed by atoms with Crippen molar-refractivity contribution in [1.29, 1.82) is 0 Å². The van der Waals surface area contributed by atoms with Crippen LogP contribution >= 0.6 is 24.8 Å². The van der Waals surface area contributed by atoms with Gasteiger partial charge in [-0.3, -0.25) is 4.79 Å². The molecule has 1 saturated heterocycles. The van der Waals surface area contributed by atoms with E-state index >= 15 is 0 Å². The standard InChI is InChI=1S/C15H21F2N3O.2ClH/c1-11(18)2-5-15(21)20-8-6-19(7-9-20)14-10-12(16)3-4-13(14)17;;/h3-4,10-11H,2,5-9,18H2,1H3;2*1H. The lowest BCUT2D eigenvalue weighted by Crippen LogP contribution is -2.49. The lowest BCUT2D eigenvalue weighted by molar-refractivity contribution is -0.131. The van der Waals surface area contributed by atoms with Gasteiger partial charge in [0.15, 0.2) is 0 Å². The van der Waals surface area contributed by atoms with Gasteiger partial charge < -0.3 is 15.5 Å². The van der Waals surface area contributed by atoms with Crippen molar-refractivity contribution in [2.75, 3.05) is 31.1 Å². The molecular formula is C15H23Cl2F2N3O. The van der Waals surface area contributed by atoms with Crippen LogP contribution in [0.3, 0.4) is 0 Å². The summed E-state index contributed by atoms with van der Waals surface area (Å²) in [7, 11) is 0. The molecule has 1 amide bonds. The lowest BCUT2D eigenvalue weighted by Gasteiger charge is -2.36. The number of anilines is 1. The number of hydrogen-bond acceptors (Lipinski definition) is 3. The smallest absolute Gasteiger partial charge is 0.222 e. The lowest BCUT2D eigenvalue weighted by atomic mass is 10.1. The van der Waals surface area contributed by atoms with Crippen molar-refractivity contribution in [3.63, 3.8) is 0 Å². The van der Waals surface area contributed by atoms with Crippen LogP contribution in [0.2, 0.25) is 0 Å². The van der Waals surface area contributed by atoms with E-state index in [0.717, 1.165) is 12.1 Å². The average Bonchev–Trinajstić information content (AvgIpc) is 2.47. The van der Waals surface area contributed by atoms with Gasteiger partial charge in [-0.05, 0) is 25.5 Å².